The lowest BCUT2D eigenvalue weighted by Gasteiger charge is -2.14. The van der Waals surface area contributed by atoms with Crippen molar-refractivity contribution in [3.05, 3.63) is 28.5 Å². The second-order valence-electron chi connectivity index (χ2n) is 4.25. The summed E-state index contributed by atoms with van der Waals surface area (Å²) in [5, 5.41) is 0. The molecule has 2 unspecified atom stereocenters. The normalized spacial score (nSPS) is 25.4. The Morgan fingerprint density at radius 2 is 1.94 bits per heavy atom. The van der Waals surface area contributed by atoms with Crippen molar-refractivity contribution in [2.75, 3.05) is 27.3 Å². The van der Waals surface area contributed by atoms with Crippen LogP contribution in [0, 0.1) is 0 Å². The number of likely N-dealkylation sites (tertiary alicyclic amines) is 1. The molecule has 2 rings (SSSR count). The van der Waals surface area contributed by atoms with Gasteiger partial charge in [0.1, 0.15) is 0 Å². The van der Waals surface area contributed by atoms with Gasteiger partial charge in [-0.15, -0.1) is 0 Å². The lowest BCUT2D eigenvalue weighted by Crippen LogP contribution is -2.27. The Balaban J connectivity index is 1.97. The molecule has 2 heterocycles. The van der Waals surface area contributed by atoms with Crippen LogP contribution in [0.5, 0.6) is 0 Å². The van der Waals surface area contributed by atoms with Crippen LogP contribution in [-0.2, 0) is 16.0 Å². The smallest absolute Gasteiger partial charge is 0.0971 e. The van der Waals surface area contributed by atoms with Crippen molar-refractivity contribution in [1.29, 1.82) is 0 Å². The monoisotopic (exact) mass is 300 g/mol. The number of methoxy groups -OCH3 is 2. The summed E-state index contributed by atoms with van der Waals surface area (Å²) in [6, 6.07) is 2.09. The summed E-state index contributed by atoms with van der Waals surface area (Å²) in [7, 11) is 3.47. The Morgan fingerprint density at radius 1 is 1.29 bits per heavy atom. The fourth-order valence-electron chi connectivity index (χ4n) is 2.20. The Morgan fingerprint density at radius 3 is 2.47 bits per heavy atom. The minimum absolute atomic E-state index is 0.167. The van der Waals surface area contributed by atoms with Gasteiger partial charge in [0.25, 0.3) is 0 Å². The van der Waals surface area contributed by atoms with Crippen LogP contribution >= 0.6 is 15.9 Å². The Kier molecular flexibility index (Phi) is 4.50. The molecule has 17 heavy (non-hydrogen) atoms. The zero-order valence-electron chi connectivity index (χ0n) is 10.1. The third kappa shape index (κ3) is 3.25. The van der Waals surface area contributed by atoms with Crippen LogP contribution in [0.25, 0.3) is 0 Å². The van der Waals surface area contributed by atoms with Gasteiger partial charge in [-0.3, -0.25) is 9.88 Å². The first-order chi connectivity index (χ1) is 8.22. The number of rotatable bonds is 4. The van der Waals surface area contributed by atoms with Gasteiger partial charge in [0, 0.05) is 50.7 Å². The van der Waals surface area contributed by atoms with E-state index in [0.717, 1.165) is 24.1 Å². The predicted molar refractivity (Wildman–Crippen MR) is 68.8 cm³/mol. The summed E-state index contributed by atoms with van der Waals surface area (Å²) in [5.74, 6) is 0. The molecule has 94 valence electrons. The van der Waals surface area contributed by atoms with Crippen molar-refractivity contribution < 1.29 is 9.47 Å². The Labute approximate surface area is 110 Å². The highest BCUT2D eigenvalue weighted by Crippen LogP contribution is 2.19. The van der Waals surface area contributed by atoms with Crippen molar-refractivity contribution in [3.8, 4) is 0 Å². The van der Waals surface area contributed by atoms with E-state index >= 15 is 0 Å². The van der Waals surface area contributed by atoms with E-state index in [1.807, 2.05) is 6.20 Å². The van der Waals surface area contributed by atoms with Gasteiger partial charge in [-0.2, -0.15) is 0 Å². The van der Waals surface area contributed by atoms with Crippen molar-refractivity contribution >= 4 is 15.9 Å². The number of hydrogen-bond donors (Lipinski definition) is 0. The number of pyridine rings is 1. The molecule has 4 nitrogen and oxygen atoms in total. The first-order valence-electron chi connectivity index (χ1n) is 5.60. The summed E-state index contributed by atoms with van der Waals surface area (Å²) < 4.78 is 11.8. The van der Waals surface area contributed by atoms with Gasteiger partial charge >= 0.3 is 0 Å². The highest BCUT2D eigenvalue weighted by Gasteiger charge is 2.32. The zero-order chi connectivity index (χ0) is 12.3. The van der Waals surface area contributed by atoms with E-state index in [1.165, 1.54) is 5.56 Å². The van der Waals surface area contributed by atoms with Crippen LogP contribution in [0.15, 0.2) is 22.9 Å². The number of halogens is 1. The second-order valence-corrected chi connectivity index (χ2v) is 5.17. The van der Waals surface area contributed by atoms with Crippen molar-refractivity contribution in [1.82, 2.24) is 9.88 Å². The van der Waals surface area contributed by atoms with Gasteiger partial charge in [-0.1, -0.05) is 0 Å². The van der Waals surface area contributed by atoms with Crippen LogP contribution in [0.3, 0.4) is 0 Å². The van der Waals surface area contributed by atoms with Gasteiger partial charge in [-0.25, -0.2) is 0 Å². The summed E-state index contributed by atoms with van der Waals surface area (Å²) >= 11 is 3.43. The molecule has 1 aromatic heterocycles. The molecule has 0 aliphatic carbocycles. The fraction of sp³-hybridized carbons (Fsp3) is 0.583. The minimum Gasteiger partial charge on any atom is -0.377 e. The fourth-order valence-corrected chi connectivity index (χ4v) is 2.61. The molecule has 1 aliphatic rings. The van der Waals surface area contributed by atoms with E-state index in [0.29, 0.717) is 0 Å². The lowest BCUT2D eigenvalue weighted by molar-refractivity contribution is -0.00461. The summed E-state index contributed by atoms with van der Waals surface area (Å²) in [6.07, 6.45) is 4.02. The molecule has 1 fully saturated rings. The van der Waals surface area contributed by atoms with E-state index in [2.05, 4.69) is 31.9 Å². The van der Waals surface area contributed by atoms with E-state index in [4.69, 9.17) is 9.47 Å². The molecule has 0 saturated carbocycles. The third-order valence-corrected chi connectivity index (χ3v) is 3.50. The number of nitrogens with zero attached hydrogens (tertiary/aromatic N) is 2. The van der Waals surface area contributed by atoms with Crippen LogP contribution in [0.1, 0.15) is 5.56 Å². The summed E-state index contributed by atoms with van der Waals surface area (Å²) in [6.45, 7) is 2.69. The number of ether oxygens (including phenoxy) is 2. The van der Waals surface area contributed by atoms with Crippen LogP contribution < -0.4 is 0 Å². The minimum atomic E-state index is 0.167. The van der Waals surface area contributed by atoms with E-state index < -0.39 is 0 Å². The molecule has 0 spiro atoms. The van der Waals surface area contributed by atoms with Crippen LogP contribution in [-0.4, -0.2) is 49.4 Å². The van der Waals surface area contributed by atoms with Gasteiger partial charge in [0.15, 0.2) is 0 Å². The molecular weight excluding hydrogens is 284 g/mol. The Hall–Kier alpha value is -0.490. The largest absolute Gasteiger partial charge is 0.377 e. The molecule has 1 aliphatic heterocycles. The van der Waals surface area contributed by atoms with E-state index in [1.54, 1.807) is 20.4 Å². The average molecular weight is 301 g/mol. The standard InChI is InChI=1S/C12H17BrN2O2/c1-16-11-7-15(8-12(11)17-2)6-9-3-10(13)5-14-4-9/h3-5,11-12H,6-8H2,1-2H3. The van der Waals surface area contributed by atoms with Gasteiger partial charge in [0.05, 0.1) is 12.2 Å². The zero-order valence-corrected chi connectivity index (χ0v) is 11.7. The highest BCUT2D eigenvalue weighted by molar-refractivity contribution is 9.10. The average Bonchev–Trinajstić information content (AvgIpc) is 2.71. The molecule has 0 radical (unpaired) electrons. The Bertz CT molecular complexity index is 363. The van der Waals surface area contributed by atoms with Crippen molar-refractivity contribution in [3.63, 3.8) is 0 Å². The predicted octanol–water partition coefficient (Wildman–Crippen LogP) is 1.69. The first-order valence-corrected chi connectivity index (χ1v) is 6.39. The number of hydrogen-bond acceptors (Lipinski definition) is 4. The second kappa shape index (κ2) is 5.91. The first kappa shape index (κ1) is 13.0. The topological polar surface area (TPSA) is 34.6 Å². The molecule has 0 amide bonds. The molecule has 0 aromatic carbocycles. The highest BCUT2D eigenvalue weighted by atomic mass is 79.9. The van der Waals surface area contributed by atoms with Crippen molar-refractivity contribution in [2.45, 2.75) is 18.8 Å². The summed E-state index contributed by atoms with van der Waals surface area (Å²) in [5.41, 5.74) is 1.20. The number of aromatic nitrogens is 1. The molecular formula is C12H17BrN2O2. The van der Waals surface area contributed by atoms with E-state index in [-0.39, 0.29) is 12.2 Å². The summed E-state index contributed by atoms with van der Waals surface area (Å²) in [4.78, 5) is 6.49. The molecule has 0 N–H and O–H groups in total. The maximum Gasteiger partial charge on any atom is 0.0971 e. The maximum absolute atomic E-state index is 5.41. The molecule has 2 atom stereocenters. The maximum atomic E-state index is 5.41. The van der Waals surface area contributed by atoms with E-state index in [9.17, 15) is 0 Å². The van der Waals surface area contributed by atoms with Crippen molar-refractivity contribution in [2.24, 2.45) is 0 Å². The van der Waals surface area contributed by atoms with Gasteiger partial charge < -0.3 is 9.47 Å². The third-order valence-electron chi connectivity index (χ3n) is 3.06. The van der Waals surface area contributed by atoms with Crippen LogP contribution in [0.2, 0.25) is 0 Å². The lowest BCUT2D eigenvalue weighted by atomic mass is 10.3. The molecule has 0 bridgehead atoms. The molecule has 1 saturated heterocycles. The van der Waals surface area contributed by atoms with Gasteiger partial charge in [0.2, 0.25) is 0 Å². The quantitative estimate of drug-likeness (QED) is 0.847. The SMILES string of the molecule is COC1CN(Cc2cncc(Br)c2)CC1OC. The molecule has 5 heteroatoms. The van der Waals surface area contributed by atoms with Crippen LogP contribution in [0.4, 0.5) is 0 Å². The van der Waals surface area contributed by atoms with Gasteiger partial charge in [-0.05, 0) is 27.6 Å². The molecule has 1 aromatic rings.